The maximum atomic E-state index is 12.5. The Labute approximate surface area is 139 Å². The summed E-state index contributed by atoms with van der Waals surface area (Å²) in [4.78, 5) is 0. The number of fused-ring (bicyclic) bond motifs is 1. The molecule has 0 spiro atoms. The lowest BCUT2D eigenvalue weighted by atomic mass is 10.1. The van der Waals surface area contributed by atoms with Gasteiger partial charge in [0.1, 0.15) is 23.1 Å². The average molecular weight is 458 g/mol. The predicted molar refractivity (Wildman–Crippen MR) is 90.8 cm³/mol. The number of likely N-dealkylation sites (N-methyl/N-ethyl adjacent to an activating group) is 1. The molecule has 1 aliphatic rings. The predicted octanol–water partition coefficient (Wildman–Crippen LogP) is 3.88. The summed E-state index contributed by atoms with van der Waals surface area (Å²) in [5.41, 5.74) is 1.12. The number of ether oxygens (including phenoxy) is 1. The van der Waals surface area contributed by atoms with E-state index < -0.39 is 11.4 Å². The molecule has 1 aliphatic heterocycles. The molecule has 0 saturated carbocycles. The molecule has 2 unspecified atom stereocenters. The number of hydrogen-bond acceptors (Lipinski definition) is 3. The van der Waals surface area contributed by atoms with Gasteiger partial charge in [0.15, 0.2) is 0 Å². The van der Waals surface area contributed by atoms with E-state index in [1.165, 1.54) is 0 Å². The normalized spacial score (nSPS) is 20.3. The van der Waals surface area contributed by atoms with Gasteiger partial charge in [0.2, 0.25) is 0 Å². The lowest BCUT2D eigenvalue weighted by molar-refractivity contribution is 0.264. The fraction of sp³-hybridized carbons (Fsp3) is 0.538. The molecule has 0 amide bonds. The van der Waals surface area contributed by atoms with Gasteiger partial charge in [0.05, 0.1) is 0 Å². The van der Waals surface area contributed by atoms with Gasteiger partial charge < -0.3 is 9.29 Å². The molecule has 0 fully saturated rings. The van der Waals surface area contributed by atoms with Gasteiger partial charge >= 0.3 is 0 Å². The van der Waals surface area contributed by atoms with Crippen LogP contribution in [0.5, 0.6) is 5.75 Å². The number of hydrogen-bond donors (Lipinski definition) is 0. The van der Waals surface area contributed by atoms with Crippen LogP contribution in [0.1, 0.15) is 32.4 Å². The minimum Gasteiger partial charge on any atom is -0.597 e. The van der Waals surface area contributed by atoms with Crippen molar-refractivity contribution in [3.63, 3.8) is 0 Å². The average Bonchev–Trinajstić information content (AvgIpc) is 2.69. The van der Waals surface area contributed by atoms with E-state index >= 15 is 0 Å². The number of halogens is 2. The van der Waals surface area contributed by atoms with Crippen LogP contribution in [-0.4, -0.2) is 27.3 Å². The van der Waals surface area contributed by atoms with Crippen LogP contribution in [0.4, 0.5) is 0 Å². The van der Waals surface area contributed by atoms with Gasteiger partial charge in [-0.15, -0.1) is 4.31 Å². The Morgan fingerprint density at radius 3 is 2.68 bits per heavy atom. The summed E-state index contributed by atoms with van der Waals surface area (Å²) in [5, 5.41) is 0. The van der Waals surface area contributed by atoms with Gasteiger partial charge in [-0.3, -0.25) is 0 Å². The van der Waals surface area contributed by atoms with Crippen LogP contribution in [0, 0.1) is 3.57 Å². The van der Waals surface area contributed by atoms with Crippen LogP contribution in [-0.2, 0) is 11.4 Å². The molecule has 1 aromatic rings. The van der Waals surface area contributed by atoms with Crippen molar-refractivity contribution in [2.75, 3.05) is 13.7 Å². The molecule has 2 atom stereocenters. The molecule has 19 heavy (non-hydrogen) atoms. The van der Waals surface area contributed by atoms with Crippen molar-refractivity contribution in [1.82, 2.24) is 4.31 Å². The van der Waals surface area contributed by atoms with Gasteiger partial charge in [-0.2, -0.15) is 0 Å². The molecule has 106 valence electrons. The Bertz CT molecular complexity index is 492. The van der Waals surface area contributed by atoms with Crippen LogP contribution in [0.15, 0.2) is 16.6 Å². The number of nitrogens with zero attached hydrogens (tertiary/aromatic N) is 1. The second-order valence-electron chi connectivity index (χ2n) is 5.54. The monoisotopic (exact) mass is 457 g/mol. The molecule has 0 saturated heterocycles. The summed E-state index contributed by atoms with van der Waals surface area (Å²) in [6.45, 7) is 6.52. The molecule has 1 aromatic carbocycles. The zero-order valence-corrected chi connectivity index (χ0v) is 15.9. The van der Waals surface area contributed by atoms with E-state index in [4.69, 9.17) is 4.74 Å². The van der Waals surface area contributed by atoms with Gasteiger partial charge in [-0.25, -0.2) is 0 Å². The first kappa shape index (κ1) is 15.9. The third kappa shape index (κ3) is 3.23. The zero-order valence-electron chi connectivity index (χ0n) is 11.4. The molecular formula is C13H17BrINO2S. The Morgan fingerprint density at radius 2 is 2.11 bits per heavy atom. The van der Waals surface area contributed by atoms with Gasteiger partial charge in [-0.1, -0.05) is 0 Å². The summed E-state index contributed by atoms with van der Waals surface area (Å²) in [5.74, 6) is 0.884. The smallest absolute Gasteiger partial charge is 0.137 e. The highest BCUT2D eigenvalue weighted by molar-refractivity contribution is 14.1. The number of rotatable bonds is 2. The maximum absolute atomic E-state index is 12.5. The topological polar surface area (TPSA) is 35.5 Å². The van der Waals surface area contributed by atoms with Crippen LogP contribution < -0.4 is 4.74 Å². The maximum Gasteiger partial charge on any atom is 0.137 e. The van der Waals surface area contributed by atoms with Crippen LogP contribution in [0.2, 0.25) is 0 Å². The van der Waals surface area contributed by atoms with E-state index in [1.54, 1.807) is 0 Å². The summed E-state index contributed by atoms with van der Waals surface area (Å²) >= 11 is 4.74. The molecule has 3 nitrogen and oxygen atoms in total. The van der Waals surface area contributed by atoms with Crippen molar-refractivity contribution in [2.45, 2.75) is 31.6 Å². The van der Waals surface area contributed by atoms with Gasteiger partial charge in [-0.05, 0) is 71.4 Å². The standard InChI is InChI=1S/C13H17BrINO2S/c1-13(2,3)19(17)16(4)11-7-18-12-6-9(14)10(15)5-8(11)12/h5-6,11H,7H2,1-4H3. The molecule has 0 aliphatic carbocycles. The van der Waals surface area contributed by atoms with Crippen molar-refractivity contribution < 1.29 is 9.29 Å². The first-order valence-corrected chi connectivity index (χ1v) is 8.96. The summed E-state index contributed by atoms with van der Waals surface area (Å²) in [6, 6.07) is 4.15. The van der Waals surface area contributed by atoms with Gasteiger partial charge in [0, 0.05) is 32.0 Å². The third-order valence-corrected chi connectivity index (χ3v) is 7.15. The fourth-order valence-electron chi connectivity index (χ4n) is 2.04. The Balaban J connectivity index is 2.30. The quantitative estimate of drug-likeness (QED) is 0.499. The highest BCUT2D eigenvalue weighted by Gasteiger charge is 2.39. The van der Waals surface area contributed by atoms with E-state index in [9.17, 15) is 4.55 Å². The highest BCUT2D eigenvalue weighted by atomic mass is 127. The van der Waals surface area contributed by atoms with Crippen molar-refractivity contribution in [3.8, 4) is 5.75 Å². The Hall–Kier alpha value is 0.500. The second kappa shape index (κ2) is 5.71. The van der Waals surface area contributed by atoms with Crippen molar-refractivity contribution in [1.29, 1.82) is 0 Å². The molecule has 1 heterocycles. The molecule has 6 heteroatoms. The first-order chi connectivity index (χ1) is 8.71. The lowest BCUT2D eigenvalue weighted by Crippen LogP contribution is -2.43. The van der Waals surface area contributed by atoms with Crippen LogP contribution >= 0.6 is 38.5 Å². The molecular weight excluding hydrogens is 441 g/mol. The largest absolute Gasteiger partial charge is 0.597 e. The molecule has 2 rings (SSSR count). The minimum atomic E-state index is -1.05. The fourth-order valence-corrected chi connectivity index (χ4v) is 4.12. The van der Waals surface area contributed by atoms with E-state index in [-0.39, 0.29) is 10.8 Å². The zero-order chi connectivity index (χ0) is 14.4. The molecule has 0 aromatic heterocycles. The minimum absolute atomic E-state index is 0.0525. The number of benzene rings is 1. The van der Waals surface area contributed by atoms with E-state index in [2.05, 4.69) is 44.6 Å². The SMILES string of the molecule is CN(C1COc2cc(Br)c(I)cc21)[S+]([O-])C(C)(C)C. The highest BCUT2D eigenvalue weighted by Crippen LogP contribution is 2.41. The first-order valence-electron chi connectivity index (χ1n) is 5.98. The Kier molecular flexibility index (Phi) is 4.77. The molecule has 0 N–H and O–H groups in total. The van der Waals surface area contributed by atoms with Crippen LogP contribution in [0.3, 0.4) is 0 Å². The van der Waals surface area contributed by atoms with E-state index in [0.29, 0.717) is 6.61 Å². The summed E-state index contributed by atoms with van der Waals surface area (Å²) in [6.07, 6.45) is 0. The summed E-state index contributed by atoms with van der Waals surface area (Å²) < 4.78 is 22.0. The molecule has 0 radical (unpaired) electrons. The lowest BCUT2D eigenvalue weighted by Gasteiger charge is -2.33. The summed E-state index contributed by atoms with van der Waals surface area (Å²) in [7, 11) is 1.90. The van der Waals surface area contributed by atoms with Crippen molar-refractivity contribution >= 4 is 49.9 Å². The third-order valence-electron chi connectivity index (χ3n) is 3.03. The van der Waals surface area contributed by atoms with Gasteiger partial charge in [0.25, 0.3) is 0 Å². The Morgan fingerprint density at radius 1 is 1.47 bits per heavy atom. The van der Waals surface area contributed by atoms with Crippen molar-refractivity contribution in [3.05, 3.63) is 25.7 Å². The van der Waals surface area contributed by atoms with Crippen LogP contribution in [0.25, 0.3) is 0 Å². The second-order valence-corrected chi connectivity index (χ2v) is 9.85. The van der Waals surface area contributed by atoms with E-state index in [0.717, 1.165) is 19.4 Å². The van der Waals surface area contributed by atoms with E-state index in [1.807, 2.05) is 38.2 Å². The molecule has 0 bridgehead atoms. The van der Waals surface area contributed by atoms with Crippen molar-refractivity contribution in [2.24, 2.45) is 0 Å².